The molecule has 2 rings (SSSR count). The highest BCUT2D eigenvalue weighted by Gasteiger charge is 2.80. The topological polar surface area (TPSA) is 56.8 Å². The van der Waals surface area contributed by atoms with E-state index in [-0.39, 0.29) is 29.5 Å². The Balaban J connectivity index is 2.32. The molecule has 0 radical (unpaired) electrons. The smallest absolute Gasteiger partial charge is 0.491 e. The number of rotatable bonds is 11. The quantitative estimate of drug-likeness (QED) is 0.266. The fourth-order valence-corrected chi connectivity index (χ4v) is 2.81. The number of carbonyl (C=O) groups is 1. The predicted molar refractivity (Wildman–Crippen MR) is 109 cm³/mol. The van der Waals surface area contributed by atoms with Gasteiger partial charge in [-0.25, -0.2) is 9.47 Å². The predicted octanol–water partition coefficient (Wildman–Crippen LogP) is 7.78. The lowest BCUT2D eigenvalue weighted by Crippen LogP contribution is -2.61. The van der Waals surface area contributed by atoms with Crippen LogP contribution in [0.15, 0.2) is 48.5 Å². The molecule has 0 aliphatic carbocycles. The van der Waals surface area contributed by atoms with Crippen molar-refractivity contribution in [3.05, 3.63) is 59.7 Å². The standard InChI is InChI=1S/C22H16F13NO4/c1-11(2)38-15-8-3-5-12(9-15)16(37)36-14-7-4-6-13(10-14)17(23,24)19(27,28)39-20(29,30)18(25,26)21(31,32)40-22(33,34)35/h3-11H,1-2H3,(H,36,37). The van der Waals surface area contributed by atoms with Gasteiger partial charge >= 0.3 is 36.5 Å². The Hall–Kier alpha value is -3.28. The van der Waals surface area contributed by atoms with E-state index in [2.05, 4.69) is 0 Å². The molecule has 0 atom stereocenters. The minimum atomic E-state index is -7.53. The molecule has 0 saturated carbocycles. The van der Waals surface area contributed by atoms with Crippen LogP contribution in [-0.2, 0) is 15.4 Å². The molecule has 18 heteroatoms. The Morgan fingerprint density at radius 3 is 1.82 bits per heavy atom. The summed E-state index contributed by atoms with van der Waals surface area (Å²) in [4.78, 5) is 12.4. The van der Waals surface area contributed by atoms with Crippen molar-refractivity contribution in [2.75, 3.05) is 5.32 Å². The average molecular weight is 605 g/mol. The van der Waals surface area contributed by atoms with Crippen molar-refractivity contribution in [3.8, 4) is 5.75 Å². The molecule has 0 bridgehead atoms. The zero-order valence-corrected chi connectivity index (χ0v) is 19.7. The lowest BCUT2D eigenvalue weighted by molar-refractivity contribution is -0.535. The van der Waals surface area contributed by atoms with Crippen molar-refractivity contribution in [1.29, 1.82) is 0 Å². The number of carbonyl (C=O) groups excluding carboxylic acids is 1. The van der Waals surface area contributed by atoms with Gasteiger partial charge in [0, 0.05) is 16.8 Å². The van der Waals surface area contributed by atoms with Crippen molar-refractivity contribution in [1.82, 2.24) is 0 Å². The molecule has 5 nitrogen and oxygen atoms in total. The maximum atomic E-state index is 14.5. The molecule has 2 aromatic carbocycles. The lowest BCUT2D eigenvalue weighted by Gasteiger charge is -2.35. The van der Waals surface area contributed by atoms with Gasteiger partial charge in [-0.1, -0.05) is 18.2 Å². The van der Waals surface area contributed by atoms with E-state index in [0.717, 1.165) is 6.07 Å². The van der Waals surface area contributed by atoms with Gasteiger partial charge < -0.3 is 10.1 Å². The van der Waals surface area contributed by atoms with Gasteiger partial charge in [-0.05, 0) is 44.2 Å². The molecule has 0 aromatic heterocycles. The number of hydrogen-bond acceptors (Lipinski definition) is 4. The minimum absolute atomic E-state index is 0.0846. The van der Waals surface area contributed by atoms with Crippen LogP contribution in [0, 0.1) is 0 Å². The second kappa shape index (κ2) is 10.9. The lowest BCUT2D eigenvalue weighted by atomic mass is 10.1. The molecule has 224 valence electrons. The maximum Gasteiger partial charge on any atom is 0.527 e. The molecular weight excluding hydrogens is 589 g/mol. The first-order valence-electron chi connectivity index (χ1n) is 10.5. The van der Waals surface area contributed by atoms with E-state index >= 15 is 0 Å². The van der Waals surface area contributed by atoms with Crippen LogP contribution in [0.25, 0.3) is 0 Å². The normalized spacial score (nSPS) is 13.9. The first-order valence-corrected chi connectivity index (χ1v) is 10.5. The number of anilines is 1. The van der Waals surface area contributed by atoms with Crippen LogP contribution in [0.4, 0.5) is 62.8 Å². The summed E-state index contributed by atoms with van der Waals surface area (Å²) in [7, 11) is 0. The monoisotopic (exact) mass is 605 g/mol. The van der Waals surface area contributed by atoms with Crippen LogP contribution < -0.4 is 10.1 Å². The van der Waals surface area contributed by atoms with Crippen LogP contribution in [0.5, 0.6) is 5.75 Å². The highest BCUT2D eigenvalue weighted by atomic mass is 19.4. The molecular formula is C22H16F13NO4. The molecule has 1 amide bonds. The van der Waals surface area contributed by atoms with E-state index in [9.17, 15) is 61.9 Å². The fourth-order valence-electron chi connectivity index (χ4n) is 2.81. The van der Waals surface area contributed by atoms with E-state index in [0.29, 0.717) is 6.07 Å². The third kappa shape index (κ3) is 7.26. The van der Waals surface area contributed by atoms with Gasteiger partial charge in [0.15, 0.2) is 0 Å². The van der Waals surface area contributed by atoms with Crippen LogP contribution in [0.1, 0.15) is 29.8 Å². The Morgan fingerprint density at radius 1 is 0.725 bits per heavy atom. The summed E-state index contributed by atoms with van der Waals surface area (Å²) in [6.07, 6.45) is -28.3. The molecule has 0 fully saturated rings. The highest BCUT2D eigenvalue weighted by Crippen LogP contribution is 2.54. The highest BCUT2D eigenvalue weighted by molar-refractivity contribution is 6.04. The number of ether oxygens (including phenoxy) is 3. The average Bonchev–Trinajstić information content (AvgIpc) is 2.76. The van der Waals surface area contributed by atoms with Gasteiger partial charge in [-0.2, -0.15) is 43.9 Å². The van der Waals surface area contributed by atoms with Crippen LogP contribution in [0.3, 0.4) is 0 Å². The van der Waals surface area contributed by atoms with Crippen LogP contribution in [-0.4, -0.2) is 42.6 Å². The largest absolute Gasteiger partial charge is 0.527 e. The Morgan fingerprint density at radius 2 is 1.27 bits per heavy atom. The zero-order valence-electron chi connectivity index (χ0n) is 19.7. The van der Waals surface area contributed by atoms with Gasteiger partial charge in [0.25, 0.3) is 5.91 Å². The summed E-state index contributed by atoms with van der Waals surface area (Å²) in [6.45, 7) is 3.33. The second-order valence-electron chi connectivity index (χ2n) is 8.08. The number of nitrogens with one attached hydrogen (secondary N) is 1. The van der Waals surface area contributed by atoms with E-state index in [1.54, 1.807) is 18.6 Å². The molecule has 0 heterocycles. The summed E-state index contributed by atoms with van der Waals surface area (Å²) in [6, 6.07) is 6.97. The fraction of sp³-hybridized carbons (Fsp3) is 0.409. The van der Waals surface area contributed by atoms with Crippen molar-refractivity contribution < 1.29 is 76.1 Å². The molecule has 2 aromatic rings. The molecule has 0 spiro atoms. The zero-order chi connectivity index (χ0) is 30.9. The first kappa shape index (κ1) is 32.9. The van der Waals surface area contributed by atoms with E-state index in [1.807, 2.05) is 10.1 Å². The minimum Gasteiger partial charge on any atom is -0.491 e. The Labute approximate surface area is 215 Å². The molecule has 1 N–H and O–H groups in total. The number of alkyl halides is 13. The van der Waals surface area contributed by atoms with Crippen LogP contribution in [0.2, 0.25) is 0 Å². The van der Waals surface area contributed by atoms with Gasteiger partial charge in [0.1, 0.15) is 5.75 Å². The third-order valence-corrected chi connectivity index (χ3v) is 4.55. The molecule has 0 aliphatic rings. The summed E-state index contributed by atoms with van der Waals surface area (Å²) >= 11 is 0. The van der Waals surface area contributed by atoms with Gasteiger partial charge in [-0.3, -0.25) is 4.79 Å². The number of halogens is 13. The number of benzene rings is 2. The summed E-state index contributed by atoms with van der Waals surface area (Å²) in [5.41, 5.74) is -2.73. The summed E-state index contributed by atoms with van der Waals surface area (Å²) in [5.74, 6) is -14.3. The third-order valence-electron chi connectivity index (χ3n) is 4.55. The SMILES string of the molecule is CC(C)Oc1cccc(C(=O)Nc2cccc(C(F)(F)C(F)(F)OC(F)(F)C(F)(F)C(F)(F)OC(F)(F)F)c2)c1. The molecule has 0 unspecified atom stereocenters. The summed E-state index contributed by atoms with van der Waals surface area (Å²) < 4.78 is 182. The van der Waals surface area contributed by atoms with Crippen LogP contribution >= 0.6 is 0 Å². The second-order valence-corrected chi connectivity index (χ2v) is 8.08. The van der Waals surface area contributed by atoms with Gasteiger partial charge in [-0.15, -0.1) is 13.2 Å². The first-order chi connectivity index (χ1) is 17.9. The van der Waals surface area contributed by atoms with Crippen molar-refractivity contribution in [3.63, 3.8) is 0 Å². The van der Waals surface area contributed by atoms with Gasteiger partial charge in [0.05, 0.1) is 6.10 Å². The van der Waals surface area contributed by atoms with E-state index in [1.165, 1.54) is 24.3 Å². The van der Waals surface area contributed by atoms with E-state index in [4.69, 9.17) is 4.74 Å². The van der Waals surface area contributed by atoms with Crippen molar-refractivity contribution in [2.24, 2.45) is 0 Å². The van der Waals surface area contributed by atoms with Gasteiger partial charge in [0.2, 0.25) is 0 Å². The summed E-state index contributed by atoms with van der Waals surface area (Å²) in [5, 5.41) is 2.01. The number of amides is 1. The molecule has 40 heavy (non-hydrogen) atoms. The Bertz CT molecular complexity index is 1200. The molecule has 0 saturated heterocycles. The van der Waals surface area contributed by atoms with Crippen molar-refractivity contribution in [2.45, 2.75) is 56.5 Å². The Kier molecular flexibility index (Phi) is 9.01. The number of hydrogen-bond donors (Lipinski definition) is 1. The van der Waals surface area contributed by atoms with Crippen molar-refractivity contribution >= 4 is 11.6 Å². The van der Waals surface area contributed by atoms with E-state index < -0.39 is 53.7 Å². The molecule has 0 aliphatic heterocycles. The maximum absolute atomic E-state index is 14.5.